The molecule has 0 radical (unpaired) electrons. The number of benzene rings is 1. The second-order valence-corrected chi connectivity index (χ2v) is 5.37. The topological polar surface area (TPSA) is 17.8 Å². The first kappa shape index (κ1) is 11.5. The highest BCUT2D eigenvalue weighted by molar-refractivity contribution is 9.10. The van der Waals surface area contributed by atoms with Gasteiger partial charge in [0, 0.05) is 27.4 Å². The summed E-state index contributed by atoms with van der Waals surface area (Å²) in [4.78, 5) is 4.55. The van der Waals surface area contributed by atoms with Crippen molar-refractivity contribution in [1.29, 1.82) is 0 Å². The monoisotopic (exact) mass is 300 g/mol. The van der Waals surface area contributed by atoms with Crippen molar-refractivity contribution in [3.8, 4) is 5.69 Å². The molecule has 0 saturated carbocycles. The fourth-order valence-electron chi connectivity index (χ4n) is 2.35. The molecule has 3 rings (SSSR count). The van der Waals surface area contributed by atoms with Crippen LogP contribution in [0, 0.1) is 13.8 Å². The van der Waals surface area contributed by atoms with Crippen molar-refractivity contribution in [2.75, 3.05) is 0 Å². The molecule has 3 heteroatoms. The summed E-state index contributed by atoms with van der Waals surface area (Å²) in [6, 6.07) is 12.6. The quantitative estimate of drug-likeness (QED) is 0.651. The Bertz CT molecular complexity index is 709. The number of halogens is 1. The predicted octanol–water partition coefficient (Wildman–Crippen LogP) is 4.40. The number of hydrogen-bond acceptors (Lipinski definition) is 1. The maximum Gasteiger partial charge on any atom is 0.0943 e. The first-order valence-electron chi connectivity index (χ1n) is 5.86. The maximum atomic E-state index is 4.55. The van der Waals surface area contributed by atoms with Gasteiger partial charge < -0.3 is 4.57 Å². The van der Waals surface area contributed by atoms with Crippen molar-refractivity contribution in [2.24, 2.45) is 0 Å². The van der Waals surface area contributed by atoms with Crippen LogP contribution in [0.1, 0.15) is 11.4 Å². The summed E-state index contributed by atoms with van der Waals surface area (Å²) in [6.07, 6.45) is 1.85. The van der Waals surface area contributed by atoms with Gasteiger partial charge in [0.25, 0.3) is 0 Å². The lowest BCUT2D eigenvalue weighted by Crippen LogP contribution is -2.00. The molecule has 0 N–H and O–H groups in total. The minimum atomic E-state index is 1.01. The van der Waals surface area contributed by atoms with Gasteiger partial charge in [0.1, 0.15) is 0 Å². The molecule has 2 heterocycles. The molecule has 0 spiro atoms. The van der Waals surface area contributed by atoms with Crippen molar-refractivity contribution >= 4 is 26.8 Å². The second kappa shape index (κ2) is 4.25. The molecule has 0 unspecified atom stereocenters. The molecule has 0 bridgehead atoms. The Hall–Kier alpha value is -1.61. The van der Waals surface area contributed by atoms with Gasteiger partial charge in [-0.05, 0) is 54.0 Å². The van der Waals surface area contributed by atoms with E-state index in [1.54, 1.807) is 0 Å². The summed E-state index contributed by atoms with van der Waals surface area (Å²) >= 11 is 3.47. The molecule has 0 aliphatic heterocycles. The van der Waals surface area contributed by atoms with E-state index in [0.29, 0.717) is 0 Å². The summed E-state index contributed by atoms with van der Waals surface area (Å²) in [7, 11) is 0. The molecule has 2 nitrogen and oxygen atoms in total. The molecule has 3 aromatic rings. The smallest absolute Gasteiger partial charge is 0.0943 e. The van der Waals surface area contributed by atoms with Crippen LogP contribution in [0.3, 0.4) is 0 Å². The van der Waals surface area contributed by atoms with Gasteiger partial charge in [-0.3, -0.25) is 4.98 Å². The molecule has 18 heavy (non-hydrogen) atoms. The normalized spacial score (nSPS) is 11.1. The number of rotatable bonds is 1. The third-order valence-electron chi connectivity index (χ3n) is 3.17. The van der Waals surface area contributed by atoms with Crippen LogP contribution in [0.2, 0.25) is 0 Å². The summed E-state index contributed by atoms with van der Waals surface area (Å²) in [6.45, 7) is 4.23. The number of hydrogen-bond donors (Lipinski definition) is 0. The predicted molar refractivity (Wildman–Crippen MR) is 78.2 cm³/mol. The number of para-hydroxylation sites is 1. The third-order valence-corrected chi connectivity index (χ3v) is 3.60. The Kier molecular flexibility index (Phi) is 2.71. The summed E-state index contributed by atoms with van der Waals surface area (Å²) in [5.41, 5.74) is 4.62. The van der Waals surface area contributed by atoms with E-state index in [4.69, 9.17) is 0 Å². The highest BCUT2D eigenvalue weighted by Crippen LogP contribution is 2.25. The van der Waals surface area contributed by atoms with E-state index in [1.807, 2.05) is 6.20 Å². The zero-order chi connectivity index (χ0) is 12.7. The maximum absolute atomic E-state index is 4.55. The molecule has 2 aromatic heterocycles. The van der Waals surface area contributed by atoms with Crippen LogP contribution >= 0.6 is 15.9 Å². The van der Waals surface area contributed by atoms with Gasteiger partial charge in [0.2, 0.25) is 0 Å². The summed E-state index contributed by atoms with van der Waals surface area (Å²) < 4.78 is 3.25. The van der Waals surface area contributed by atoms with E-state index >= 15 is 0 Å². The van der Waals surface area contributed by atoms with Crippen molar-refractivity contribution in [2.45, 2.75) is 13.8 Å². The lowest BCUT2D eigenvalue weighted by molar-refractivity contribution is 0.970. The van der Waals surface area contributed by atoms with Crippen molar-refractivity contribution in [1.82, 2.24) is 9.55 Å². The zero-order valence-electron chi connectivity index (χ0n) is 10.3. The fraction of sp³-hybridized carbons (Fsp3) is 0.133. The molecule has 0 saturated heterocycles. The number of nitrogens with zero attached hydrogens (tertiary/aromatic N) is 2. The zero-order valence-corrected chi connectivity index (χ0v) is 11.9. The Labute approximate surface area is 114 Å². The van der Waals surface area contributed by atoms with Gasteiger partial charge in [0.05, 0.1) is 11.2 Å². The Morgan fingerprint density at radius 3 is 2.50 bits per heavy atom. The molecular formula is C15H13BrN2. The van der Waals surface area contributed by atoms with Gasteiger partial charge in [-0.15, -0.1) is 0 Å². The van der Waals surface area contributed by atoms with E-state index in [1.165, 1.54) is 11.4 Å². The van der Waals surface area contributed by atoms with E-state index in [0.717, 1.165) is 21.1 Å². The number of aryl methyl sites for hydroxylation is 2. The van der Waals surface area contributed by atoms with Crippen LogP contribution in [0.25, 0.3) is 16.6 Å². The van der Waals surface area contributed by atoms with Crippen molar-refractivity contribution in [3.63, 3.8) is 0 Å². The van der Waals surface area contributed by atoms with Crippen molar-refractivity contribution < 1.29 is 0 Å². The molecule has 90 valence electrons. The standard InChI is InChI=1S/C15H13BrN2/c1-10-6-7-11(2)18(10)14-5-3-4-12-8-13(16)9-17-15(12)14/h3-9H,1-2H3. The Morgan fingerprint density at radius 1 is 1.06 bits per heavy atom. The molecule has 1 aromatic carbocycles. The van der Waals surface area contributed by atoms with Gasteiger partial charge in [-0.2, -0.15) is 0 Å². The van der Waals surface area contributed by atoms with Crippen LogP contribution in [-0.2, 0) is 0 Å². The molecule has 0 aliphatic rings. The minimum absolute atomic E-state index is 1.01. The lowest BCUT2D eigenvalue weighted by Gasteiger charge is -2.12. The van der Waals surface area contributed by atoms with Gasteiger partial charge in [-0.25, -0.2) is 0 Å². The van der Waals surface area contributed by atoms with Crippen molar-refractivity contribution in [3.05, 3.63) is 58.5 Å². The van der Waals surface area contributed by atoms with Crippen LogP contribution in [0.15, 0.2) is 47.1 Å². The largest absolute Gasteiger partial charge is 0.316 e. The minimum Gasteiger partial charge on any atom is -0.316 e. The van der Waals surface area contributed by atoms with E-state index in [2.05, 4.69) is 75.7 Å². The van der Waals surface area contributed by atoms with Gasteiger partial charge in [-0.1, -0.05) is 12.1 Å². The van der Waals surface area contributed by atoms with Crippen LogP contribution in [0.4, 0.5) is 0 Å². The highest BCUT2D eigenvalue weighted by atomic mass is 79.9. The lowest BCUT2D eigenvalue weighted by atomic mass is 10.2. The van der Waals surface area contributed by atoms with E-state index < -0.39 is 0 Å². The SMILES string of the molecule is Cc1ccc(C)n1-c1cccc2cc(Br)cnc12. The first-order valence-corrected chi connectivity index (χ1v) is 6.66. The molecule has 0 amide bonds. The number of pyridine rings is 1. The fourth-order valence-corrected chi connectivity index (χ4v) is 2.70. The summed E-state index contributed by atoms with van der Waals surface area (Å²) in [5.74, 6) is 0. The molecule has 0 atom stereocenters. The average Bonchev–Trinajstić information content (AvgIpc) is 2.68. The van der Waals surface area contributed by atoms with Crippen LogP contribution in [-0.4, -0.2) is 9.55 Å². The van der Waals surface area contributed by atoms with Gasteiger partial charge in [0.15, 0.2) is 0 Å². The second-order valence-electron chi connectivity index (χ2n) is 4.45. The van der Waals surface area contributed by atoms with E-state index in [-0.39, 0.29) is 0 Å². The average molecular weight is 301 g/mol. The number of aromatic nitrogens is 2. The third kappa shape index (κ3) is 1.75. The highest BCUT2D eigenvalue weighted by Gasteiger charge is 2.08. The van der Waals surface area contributed by atoms with Gasteiger partial charge >= 0.3 is 0 Å². The molecule has 0 fully saturated rings. The Balaban J connectivity index is 2.37. The number of fused-ring (bicyclic) bond motifs is 1. The molecule has 0 aliphatic carbocycles. The summed E-state index contributed by atoms with van der Waals surface area (Å²) in [5, 5.41) is 1.15. The van der Waals surface area contributed by atoms with E-state index in [9.17, 15) is 0 Å². The Morgan fingerprint density at radius 2 is 1.78 bits per heavy atom. The molecular weight excluding hydrogens is 288 g/mol. The first-order chi connectivity index (χ1) is 8.66. The van der Waals surface area contributed by atoms with Crippen LogP contribution < -0.4 is 0 Å². The van der Waals surface area contributed by atoms with Crippen LogP contribution in [0.5, 0.6) is 0 Å².